The molecule has 0 aromatic heterocycles. The Hall–Kier alpha value is -0.170. The molecule has 3 N–H and O–H groups in total. The van der Waals surface area contributed by atoms with Crippen molar-refractivity contribution >= 4 is 11.8 Å². The van der Waals surface area contributed by atoms with Gasteiger partial charge in [-0.1, -0.05) is 12.8 Å². The number of thioether (sulfide) groups is 1. The van der Waals surface area contributed by atoms with E-state index in [0.717, 1.165) is 11.5 Å². The molecule has 0 spiro atoms. The smallest absolute Gasteiger partial charge is 0.0904 e. The molecule has 0 heterocycles. The molecule has 0 radical (unpaired) electrons. The first-order valence-corrected chi connectivity index (χ1v) is 4.00. The van der Waals surface area contributed by atoms with Gasteiger partial charge in [0.25, 0.3) is 0 Å². The topological polar surface area (TPSA) is 38.0 Å². The van der Waals surface area contributed by atoms with Gasteiger partial charge >= 0.3 is 0 Å². The van der Waals surface area contributed by atoms with E-state index in [4.69, 9.17) is 12.3 Å². The van der Waals surface area contributed by atoms with E-state index in [2.05, 4.69) is 18.3 Å². The van der Waals surface area contributed by atoms with Crippen molar-refractivity contribution in [2.24, 2.45) is 5.84 Å². The van der Waals surface area contributed by atoms with Crippen LogP contribution in [0.1, 0.15) is 6.92 Å². The summed E-state index contributed by atoms with van der Waals surface area (Å²) in [5.74, 6) is 9.62. The van der Waals surface area contributed by atoms with Crippen molar-refractivity contribution in [3.05, 3.63) is 0 Å². The molecule has 1 atom stereocenters. The molecule has 1 unspecified atom stereocenters. The molecule has 2 nitrogen and oxygen atoms in total. The van der Waals surface area contributed by atoms with Gasteiger partial charge in [0.2, 0.25) is 0 Å². The number of nitrogens with two attached hydrogens (primary N) is 1. The van der Waals surface area contributed by atoms with E-state index >= 15 is 0 Å². The molecular formula is C6H12N2S. The summed E-state index contributed by atoms with van der Waals surface area (Å²) in [5, 5.41) is 0. The Labute approximate surface area is 60.5 Å². The molecule has 0 aliphatic carbocycles. The first kappa shape index (κ1) is 8.83. The fraction of sp³-hybridized carbons (Fsp3) is 0.667. The van der Waals surface area contributed by atoms with Crippen LogP contribution in [0.5, 0.6) is 0 Å². The van der Waals surface area contributed by atoms with Crippen molar-refractivity contribution in [3.63, 3.8) is 0 Å². The lowest BCUT2D eigenvalue weighted by molar-refractivity contribution is 0.694. The second-order valence-electron chi connectivity index (χ2n) is 1.55. The molecule has 52 valence electrons. The van der Waals surface area contributed by atoms with Crippen molar-refractivity contribution < 1.29 is 0 Å². The average molecular weight is 144 g/mol. The van der Waals surface area contributed by atoms with Crippen molar-refractivity contribution in [2.75, 3.05) is 11.5 Å². The fourth-order valence-electron chi connectivity index (χ4n) is 0.380. The summed E-state index contributed by atoms with van der Waals surface area (Å²) in [7, 11) is 0. The van der Waals surface area contributed by atoms with Gasteiger partial charge in [0.1, 0.15) is 0 Å². The second-order valence-corrected chi connectivity index (χ2v) is 2.86. The maximum atomic E-state index is 5.12. The summed E-state index contributed by atoms with van der Waals surface area (Å²) >= 11 is 1.78. The first-order chi connectivity index (χ1) is 4.35. The summed E-state index contributed by atoms with van der Waals surface area (Å²) in [5.41, 5.74) is 2.53. The molecule has 0 saturated carbocycles. The normalized spacial score (nSPS) is 12.6. The molecular weight excluding hydrogens is 132 g/mol. The van der Waals surface area contributed by atoms with Gasteiger partial charge in [-0.3, -0.25) is 5.84 Å². The van der Waals surface area contributed by atoms with Crippen LogP contribution in [0.3, 0.4) is 0 Å². The molecule has 0 fully saturated rings. The van der Waals surface area contributed by atoms with Crippen LogP contribution in [0.2, 0.25) is 0 Å². The van der Waals surface area contributed by atoms with Gasteiger partial charge in [-0.2, -0.15) is 11.8 Å². The van der Waals surface area contributed by atoms with Crippen LogP contribution in [0.25, 0.3) is 0 Å². The summed E-state index contributed by atoms with van der Waals surface area (Å²) in [6.07, 6.45) is 5.12. The summed E-state index contributed by atoms with van der Waals surface area (Å²) in [4.78, 5) is 0. The minimum atomic E-state index is 0.0231. The van der Waals surface area contributed by atoms with Crippen LogP contribution < -0.4 is 11.3 Å². The summed E-state index contributed by atoms with van der Waals surface area (Å²) in [6.45, 7) is 2.09. The van der Waals surface area contributed by atoms with E-state index < -0.39 is 0 Å². The third kappa shape index (κ3) is 4.34. The van der Waals surface area contributed by atoms with Gasteiger partial charge in [-0.25, -0.2) is 5.43 Å². The van der Waals surface area contributed by atoms with Crippen LogP contribution in [0, 0.1) is 12.3 Å². The largest absolute Gasteiger partial charge is 0.270 e. The quantitative estimate of drug-likeness (QED) is 0.336. The minimum absolute atomic E-state index is 0.0231. The highest BCUT2D eigenvalue weighted by Gasteiger charge is 1.98. The molecule has 9 heavy (non-hydrogen) atoms. The number of terminal acetylenes is 1. The van der Waals surface area contributed by atoms with E-state index in [1.165, 1.54) is 0 Å². The van der Waals surface area contributed by atoms with E-state index in [9.17, 15) is 0 Å². The molecule has 0 rings (SSSR count). The number of hydrazine groups is 1. The van der Waals surface area contributed by atoms with Crippen molar-refractivity contribution in [2.45, 2.75) is 13.0 Å². The van der Waals surface area contributed by atoms with Gasteiger partial charge in [0.05, 0.1) is 6.04 Å². The predicted molar refractivity (Wildman–Crippen MR) is 42.9 cm³/mol. The first-order valence-electron chi connectivity index (χ1n) is 2.85. The Morgan fingerprint density at radius 1 is 1.89 bits per heavy atom. The minimum Gasteiger partial charge on any atom is -0.270 e. The lowest BCUT2D eigenvalue weighted by Crippen LogP contribution is -2.35. The number of hydrogen-bond donors (Lipinski definition) is 2. The van der Waals surface area contributed by atoms with Crippen LogP contribution in [0.15, 0.2) is 0 Å². The van der Waals surface area contributed by atoms with Gasteiger partial charge in [-0.05, 0) is 5.75 Å². The highest BCUT2D eigenvalue weighted by molar-refractivity contribution is 7.99. The predicted octanol–water partition coefficient (Wildman–Crippen LogP) is 0.205. The Bertz CT molecular complexity index is 97.7. The van der Waals surface area contributed by atoms with Crippen LogP contribution in [-0.2, 0) is 0 Å². The van der Waals surface area contributed by atoms with E-state index in [0.29, 0.717) is 0 Å². The molecule has 0 saturated heterocycles. The third-order valence-corrected chi connectivity index (χ3v) is 1.87. The van der Waals surface area contributed by atoms with Gasteiger partial charge in [-0.15, -0.1) is 6.42 Å². The number of rotatable bonds is 4. The number of nitrogens with one attached hydrogen (secondary N) is 1. The van der Waals surface area contributed by atoms with Gasteiger partial charge in [0.15, 0.2) is 0 Å². The van der Waals surface area contributed by atoms with E-state index in [-0.39, 0.29) is 6.04 Å². The van der Waals surface area contributed by atoms with Crippen molar-refractivity contribution in [1.82, 2.24) is 5.43 Å². The van der Waals surface area contributed by atoms with E-state index in [1.807, 2.05) is 0 Å². The number of hydrogen-bond acceptors (Lipinski definition) is 3. The summed E-state index contributed by atoms with van der Waals surface area (Å²) < 4.78 is 0. The Kier molecular flexibility index (Phi) is 5.85. The maximum absolute atomic E-state index is 5.12. The average Bonchev–Trinajstić information content (AvgIpc) is 1.91. The molecule has 0 aliphatic heterocycles. The SMILES string of the molecule is C#CC(CSCC)NN. The Morgan fingerprint density at radius 3 is 2.89 bits per heavy atom. The Balaban J connectivity index is 3.23. The van der Waals surface area contributed by atoms with Gasteiger partial charge in [0, 0.05) is 5.75 Å². The van der Waals surface area contributed by atoms with Crippen molar-refractivity contribution in [3.8, 4) is 12.3 Å². The lowest BCUT2D eigenvalue weighted by atomic mass is 10.4. The second kappa shape index (κ2) is 5.96. The third-order valence-electron chi connectivity index (χ3n) is 0.891. The van der Waals surface area contributed by atoms with E-state index in [1.54, 1.807) is 11.8 Å². The molecule has 0 amide bonds. The Morgan fingerprint density at radius 2 is 2.56 bits per heavy atom. The van der Waals surface area contributed by atoms with Gasteiger partial charge < -0.3 is 0 Å². The molecule has 3 heteroatoms. The molecule has 0 aromatic carbocycles. The van der Waals surface area contributed by atoms with Crippen LogP contribution >= 0.6 is 11.8 Å². The monoisotopic (exact) mass is 144 g/mol. The van der Waals surface area contributed by atoms with Crippen molar-refractivity contribution in [1.29, 1.82) is 0 Å². The standard InChI is InChI=1S/C6H12N2S/c1-3-6(8-7)5-9-4-2/h1,6,8H,4-5,7H2,2H3. The molecule has 0 aromatic rings. The zero-order valence-electron chi connectivity index (χ0n) is 5.55. The lowest BCUT2D eigenvalue weighted by Gasteiger charge is -2.05. The van der Waals surface area contributed by atoms with Crippen LogP contribution in [-0.4, -0.2) is 17.5 Å². The molecule has 0 aliphatic rings. The maximum Gasteiger partial charge on any atom is 0.0904 e. The highest BCUT2D eigenvalue weighted by atomic mass is 32.2. The fourth-order valence-corrected chi connectivity index (χ4v) is 1.04. The van der Waals surface area contributed by atoms with Crippen LogP contribution in [0.4, 0.5) is 0 Å². The molecule has 0 bridgehead atoms. The highest BCUT2D eigenvalue weighted by Crippen LogP contribution is 1.99. The zero-order chi connectivity index (χ0) is 7.11. The summed E-state index contributed by atoms with van der Waals surface area (Å²) in [6, 6.07) is 0.0231. The zero-order valence-corrected chi connectivity index (χ0v) is 6.37.